The maximum absolute atomic E-state index is 13.6. The van der Waals surface area contributed by atoms with Crippen molar-refractivity contribution in [2.75, 3.05) is 18.1 Å². The molecule has 1 saturated heterocycles. The lowest BCUT2D eigenvalue weighted by Gasteiger charge is -2.24. The Balaban J connectivity index is 1.66. The Hall–Kier alpha value is -3.88. The Morgan fingerprint density at radius 3 is 2.51 bits per heavy atom. The second-order valence-corrected chi connectivity index (χ2v) is 11.3. The molecule has 1 atom stereocenters. The average Bonchev–Trinajstić information content (AvgIpc) is 3.49. The van der Waals surface area contributed by atoms with Gasteiger partial charge in [-0.1, -0.05) is 78.6 Å². The molecule has 2 heterocycles. The molecule has 1 fully saturated rings. The van der Waals surface area contributed by atoms with Gasteiger partial charge in [-0.15, -0.1) is 0 Å². The maximum Gasteiger partial charge on any atom is 0.301 e. The van der Waals surface area contributed by atoms with Crippen LogP contribution in [0, 0.1) is 6.92 Å². The molecule has 0 saturated carbocycles. The number of carbonyl (C=O) groups is 2. The minimum absolute atomic E-state index is 0.0183. The van der Waals surface area contributed by atoms with Gasteiger partial charge in [0.2, 0.25) is 0 Å². The second-order valence-electron chi connectivity index (χ2n) is 9.84. The summed E-state index contributed by atoms with van der Waals surface area (Å²) in [5.74, 6) is -0.733. The van der Waals surface area contributed by atoms with E-state index in [0.29, 0.717) is 51.5 Å². The van der Waals surface area contributed by atoms with Gasteiger partial charge in [0.25, 0.3) is 5.78 Å². The number of rotatable bonds is 10. The third-order valence-electron chi connectivity index (χ3n) is 6.90. The Kier molecular flexibility index (Phi) is 8.61. The largest absolute Gasteiger partial charge is 0.507 e. The molecule has 1 unspecified atom stereocenters. The highest BCUT2D eigenvalue weighted by Gasteiger charge is 2.48. The van der Waals surface area contributed by atoms with E-state index in [4.69, 9.17) is 21.1 Å². The predicted octanol–water partition coefficient (Wildman–Crippen LogP) is 7.85. The highest BCUT2D eigenvalue weighted by Crippen LogP contribution is 2.46. The number of aryl methyl sites for hydroxylation is 1. The number of ether oxygens (including phenoxy) is 2. The summed E-state index contributed by atoms with van der Waals surface area (Å²) in [5, 5.41) is 12.3. The molecule has 7 nitrogen and oxygen atoms in total. The zero-order valence-electron chi connectivity index (χ0n) is 23.1. The first kappa shape index (κ1) is 28.6. The molecule has 1 aromatic heterocycles. The highest BCUT2D eigenvalue weighted by atomic mass is 35.5. The van der Waals surface area contributed by atoms with E-state index in [1.54, 1.807) is 48.5 Å². The molecular formula is C32H31ClN2O5S. The lowest BCUT2D eigenvalue weighted by Crippen LogP contribution is -2.29. The van der Waals surface area contributed by atoms with E-state index >= 15 is 0 Å². The Labute approximate surface area is 248 Å². The first-order valence-corrected chi connectivity index (χ1v) is 14.9. The normalized spacial score (nSPS) is 16.5. The monoisotopic (exact) mass is 590 g/mol. The van der Waals surface area contributed by atoms with Gasteiger partial charge in [0.15, 0.2) is 16.6 Å². The Bertz CT molecular complexity index is 1630. The molecular weight excluding hydrogens is 560 g/mol. The Morgan fingerprint density at radius 2 is 1.78 bits per heavy atom. The van der Waals surface area contributed by atoms with Gasteiger partial charge in [-0.2, -0.15) is 0 Å². The molecule has 212 valence electrons. The van der Waals surface area contributed by atoms with E-state index in [9.17, 15) is 14.7 Å². The molecule has 5 rings (SSSR count). The first-order valence-electron chi connectivity index (χ1n) is 13.7. The fourth-order valence-electron chi connectivity index (χ4n) is 4.82. The van der Waals surface area contributed by atoms with Crippen molar-refractivity contribution in [2.45, 2.75) is 46.1 Å². The van der Waals surface area contributed by atoms with Gasteiger partial charge in [-0.05, 0) is 56.2 Å². The number of nitrogens with zero attached hydrogens (tertiary/aromatic N) is 2. The summed E-state index contributed by atoms with van der Waals surface area (Å²) in [4.78, 5) is 33.2. The minimum atomic E-state index is -0.944. The topological polar surface area (TPSA) is 89.0 Å². The predicted molar refractivity (Wildman–Crippen MR) is 163 cm³/mol. The number of ketones is 1. The van der Waals surface area contributed by atoms with E-state index in [2.05, 4.69) is 11.9 Å². The third kappa shape index (κ3) is 5.80. The summed E-state index contributed by atoms with van der Waals surface area (Å²) in [7, 11) is 0. The van der Waals surface area contributed by atoms with E-state index in [1.165, 1.54) is 16.2 Å². The average molecular weight is 591 g/mol. The van der Waals surface area contributed by atoms with Crippen molar-refractivity contribution in [3.63, 3.8) is 0 Å². The second kappa shape index (κ2) is 12.3. The quantitative estimate of drug-likeness (QED) is 0.0875. The van der Waals surface area contributed by atoms with Crippen LogP contribution in [0.5, 0.6) is 11.5 Å². The molecule has 1 N–H and O–H groups in total. The summed E-state index contributed by atoms with van der Waals surface area (Å²) >= 11 is 7.46. The van der Waals surface area contributed by atoms with Crippen LogP contribution in [0.15, 0.2) is 66.2 Å². The van der Waals surface area contributed by atoms with E-state index < -0.39 is 17.7 Å². The van der Waals surface area contributed by atoms with Crippen LogP contribution in [-0.2, 0) is 9.59 Å². The van der Waals surface area contributed by atoms with Gasteiger partial charge in [0.05, 0.1) is 35.0 Å². The summed E-state index contributed by atoms with van der Waals surface area (Å²) in [6, 6.07) is 16.8. The maximum atomic E-state index is 13.6. The fourth-order valence-corrected chi connectivity index (χ4v) is 6.09. The lowest BCUT2D eigenvalue weighted by atomic mass is 9.95. The number of carbonyl (C=O) groups excluding carboxylic acids is 2. The first-order chi connectivity index (χ1) is 19.8. The number of amides is 1. The van der Waals surface area contributed by atoms with Crippen molar-refractivity contribution in [2.24, 2.45) is 0 Å². The molecule has 1 aliphatic rings. The van der Waals surface area contributed by atoms with Crippen molar-refractivity contribution >= 4 is 55.7 Å². The summed E-state index contributed by atoms with van der Waals surface area (Å²) in [6.07, 6.45) is 3.06. The lowest BCUT2D eigenvalue weighted by molar-refractivity contribution is -0.132. The van der Waals surface area contributed by atoms with Crippen LogP contribution in [-0.4, -0.2) is 35.0 Å². The number of Topliss-reactive ketones (excluding diaryl/α,β-unsaturated/α-hetero) is 1. The molecule has 0 bridgehead atoms. The molecule has 41 heavy (non-hydrogen) atoms. The zero-order chi connectivity index (χ0) is 29.1. The summed E-state index contributed by atoms with van der Waals surface area (Å²) < 4.78 is 12.7. The number of thiazole rings is 1. The van der Waals surface area contributed by atoms with Crippen molar-refractivity contribution in [1.29, 1.82) is 0 Å². The van der Waals surface area contributed by atoms with Gasteiger partial charge >= 0.3 is 5.91 Å². The van der Waals surface area contributed by atoms with Gasteiger partial charge in [-0.25, -0.2) is 4.98 Å². The molecule has 4 aromatic rings. The van der Waals surface area contributed by atoms with Crippen LogP contribution in [0.4, 0.5) is 5.13 Å². The van der Waals surface area contributed by atoms with E-state index in [-0.39, 0.29) is 11.3 Å². The molecule has 9 heteroatoms. The van der Waals surface area contributed by atoms with Crippen LogP contribution in [0.1, 0.15) is 55.8 Å². The summed E-state index contributed by atoms with van der Waals surface area (Å²) in [6.45, 7) is 6.89. The number of aliphatic hydroxyl groups excluding tert-OH is 1. The fraction of sp³-hybridized carbons (Fsp3) is 0.281. The SMILES string of the molecule is CCCCCOc1ccc(C2C(=C(O)c3ccc(C)cc3)C(=O)C(=O)N2c2nc3ccc(Cl)cc3s2)cc1OCC. The number of aromatic nitrogens is 1. The number of hydrogen-bond acceptors (Lipinski definition) is 7. The van der Waals surface area contributed by atoms with Crippen molar-refractivity contribution < 1.29 is 24.2 Å². The molecule has 0 radical (unpaired) electrons. The van der Waals surface area contributed by atoms with Crippen LogP contribution >= 0.6 is 22.9 Å². The number of benzene rings is 3. The van der Waals surface area contributed by atoms with Crippen LogP contribution in [0.2, 0.25) is 5.02 Å². The molecule has 0 aliphatic carbocycles. The van der Waals surface area contributed by atoms with Crippen LogP contribution in [0.3, 0.4) is 0 Å². The molecule has 3 aromatic carbocycles. The number of anilines is 1. The molecule has 1 amide bonds. The van der Waals surface area contributed by atoms with Crippen molar-refractivity contribution in [3.8, 4) is 11.5 Å². The minimum Gasteiger partial charge on any atom is -0.507 e. The zero-order valence-corrected chi connectivity index (χ0v) is 24.7. The van der Waals surface area contributed by atoms with Gasteiger partial charge in [0.1, 0.15) is 5.76 Å². The van der Waals surface area contributed by atoms with E-state index in [1.807, 2.05) is 26.0 Å². The molecule has 1 aliphatic heterocycles. The van der Waals surface area contributed by atoms with Crippen molar-refractivity contribution in [3.05, 3.63) is 87.9 Å². The number of hydrogen-bond donors (Lipinski definition) is 1. The third-order valence-corrected chi connectivity index (χ3v) is 8.16. The van der Waals surface area contributed by atoms with Gasteiger partial charge < -0.3 is 14.6 Å². The van der Waals surface area contributed by atoms with Gasteiger partial charge in [-0.3, -0.25) is 14.5 Å². The van der Waals surface area contributed by atoms with E-state index in [0.717, 1.165) is 29.5 Å². The smallest absolute Gasteiger partial charge is 0.301 e. The highest BCUT2D eigenvalue weighted by molar-refractivity contribution is 7.22. The number of unbranched alkanes of at least 4 members (excludes halogenated alkanes) is 2. The Morgan fingerprint density at radius 1 is 1.00 bits per heavy atom. The van der Waals surface area contributed by atoms with Gasteiger partial charge in [0, 0.05) is 10.6 Å². The van der Waals surface area contributed by atoms with Crippen LogP contribution < -0.4 is 14.4 Å². The van der Waals surface area contributed by atoms with Crippen molar-refractivity contribution in [1.82, 2.24) is 4.98 Å². The van der Waals surface area contributed by atoms with Crippen LogP contribution in [0.25, 0.3) is 16.0 Å². The number of fused-ring (bicyclic) bond motifs is 1. The number of halogens is 1. The summed E-state index contributed by atoms with van der Waals surface area (Å²) in [5.41, 5.74) is 2.66. The number of aliphatic hydroxyl groups is 1. The molecule has 0 spiro atoms. The standard InChI is InChI=1S/C32H31ClN2O5S/c1-4-6-7-16-40-24-15-12-21(17-25(24)39-5-2)28-27(29(36)20-10-8-19(3)9-11-20)30(37)31(38)35(28)32-34-23-14-13-22(33)18-26(23)41-32/h8-15,17-18,28,36H,4-7,16H2,1-3H3.